The average Bonchev–Trinajstić information content (AvgIpc) is 2.83. The lowest BCUT2D eigenvalue weighted by molar-refractivity contribution is 0.235. The van der Waals surface area contributed by atoms with Crippen LogP contribution < -0.4 is 10.5 Å². The number of nitrogens with zero attached hydrogens (tertiary/aromatic N) is 2. The number of aliphatic imine (C=N–C) groups is 2. The van der Waals surface area contributed by atoms with Gasteiger partial charge in [0.15, 0.2) is 5.66 Å². The van der Waals surface area contributed by atoms with E-state index in [0.29, 0.717) is 11.8 Å². The van der Waals surface area contributed by atoms with Crippen LogP contribution in [0, 0.1) is 5.92 Å². The maximum atomic E-state index is 6.12. The predicted molar refractivity (Wildman–Crippen MR) is 95.2 cm³/mol. The lowest BCUT2D eigenvalue weighted by Gasteiger charge is -2.34. The molecule has 1 unspecified atom stereocenters. The minimum Gasteiger partial charge on any atom is -0.497 e. The van der Waals surface area contributed by atoms with Crippen molar-refractivity contribution in [2.45, 2.75) is 57.5 Å². The second-order valence-corrected chi connectivity index (χ2v) is 6.69. The van der Waals surface area contributed by atoms with Crippen LogP contribution in [-0.4, -0.2) is 18.7 Å². The molecule has 2 N–H and O–H groups in total. The summed E-state index contributed by atoms with van der Waals surface area (Å²) in [6.45, 7) is 1.97. The van der Waals surface area contributed by atoms with Crippen molar-refractivity contribution in [2.75, 3.05) is 7.11 Å². The fourth-order valence-corrected chi connectivity index (χ4v) is 3.84. The Morgan fingerprint density at radius 2 is 1.61 bits per heavy atom. The van der Waals surface area contributed by atoms with E-state index in [2.05, 4.69) is 12.1 Å². The molecule has 1 aliphatic carbocycles. The Morgan fingerprint density at radius 1 is 1.00 bits per heavy atom. The van der Waals surface area contributed by atoms with E-state index in [0.717, 1.165) is 17.0 Å². The first kappa shape index (κ1) is 16.0. The molecule has 1 aliphatic heterocycles. The molecule has 4 heteroatoms. The quantitative estimate of drug-likeness (QED) is 0.915. The minimum absolute atomic E-state index is 0.423. The highest BCUT2D eigenvalue weighted by molar-refractivity contribution is 6.41. The molecular formula is C19H27N3O. The molecule has 2 aliphatic rings. The summed E-state index contributed by atoms with van der Waals surface area (Å²) in [5.41, 5.74) is 7.58. The molecule has 0 amide bonds. The van der Waals surface area contributed by atoms with Crippen molar-refractivity contribution in [3.05, 3.63) is 29.8 Å². The lowest BCUT2D eigenvalue weighted by Crippen LogP contribution is -2.31. The molecule has 0 radical (unpaired) electrons. The van der Waals surface area contributed by atoms with Gasteiger partial charge < -0.3 is 10.5 Å². The molecule has 1 heterocycles. The number of hydrogen-bond acceptors (Lipinski definition) is 4. The summed E-state index contributed by atoms with van der Waals surface area (Å²) >= 11 is 0. The van der Waals surface area contributed by atoms with Crippen LogP contribution in [0.4, 0.5) is 0 Å². The molecule has 0 bridgehead atoms. The number of nitrogens with two attached hydrogens (primary N) is 1. The Balaban J connectivity index is 2.00. The van der Waals surface area contributed by atoms with E-state index in [1.165, 1.54) is 44.9 Å². The second kappa shape index (κ2) is 6.73. The van der Waals surface area contributed by atoms with Gasteiger partial charge in [0.2, 0.25) is 0 Å². The molecule has 23 heavy (non-hydrogen) atoms. The summed E-state index contributed by atoms with van der Waals surface area (Å²) in [7, 11) is 1.69. The largest absolute Gasteiger partial charge is 0.497 e. The Labute approximate surface area is 138 Å². The first-order valence-electron chi connectivity index (χ1n) is 8.72. The highest BCUT2D eigenvalue weighted by Gasteiger charge is 2.43. The molecule has 4 nitrogen and oxygen atoms in total. The summed E-state index contributed by atoms with van der Waals surface area (Å²) in [5.74, 6) is 1.87. The monoisotopic (exact) mass is 313 g/mol. The van der Waals surface area contributed by atoms with E-state index in [-0.39, 0.29) is 0 Å². The normalized spacial score (nSPS) is 26.2. The Morgan fingerprint density at radius 3 is 2.13 bits per heavy atom. The van der Waals surface area contributed by atoms with Gasteiger partial charge in [-0.1, -0.05) is 44.2 Å². The third-order valence-corrected chi connectivity index (χ3v) is 5.19. The van der Waals surface area contributed by atoms with Crippen LogP contribution >= 0.6 is 0 Å². The van der Waals surface area contributed by atoms with E-state index in [1.807, 2.05) is 19.1 Å². The van der Waals surface area contributed by atoms with Gasteiger partial charge in [-0.25, -0.2) is 4.99 Å². The summed E-state index contributed by atoms with van der Waals surface area (Å²) in [6.07, 6.45) is 8.84. The van der Waals surface area contributed by atoms with Crippen LogP contribution in [0.3, 0.4) is 0 Å². The van der Waals surface area contributed by atoms with Gasteiger partial charge in [-0.05, 0) is 31.9 Å². The van der Waals surface area contributed by atoms with Crippen molar-refractivity contribution < 1.29 is 4.74 Å². The second-order valence-electron chi connectivity index (χ2n) is 6.69. The molecule has 0 saturated heterocycles. The van der Waals surface area contributed by atoms with Gasteiger partial charge >= 0.3 is 0 Å². The molecule has 1 aromatic carbocycles. The summed E-state index contributed by atoms with van der Waals surface area (Å²) < 4.78 is 5.29. The third-order valence-electron chi connectivity index (χ3n) is 5.19. The average molecular weight is 313 g/mol. The predicted octanol–water partition coefficient (Wildman–Crippen LogP) is 4.04. The maximum absolute atomic E-state index is 6.12. The number of methoxy groups -OCH3 is 1. The zero-order valence-electron chi connectivity index (χ0n) is 14.2. The first-order chi connectivity index (χ1) is 11.2. The van der Waals surface area contributed by atoms with Crippen molar-refractivity contribution in [1.82, 2.24) is 0 Å². The molecule has 1 saturated carbocycles. The molecule has 3 rings (SSSR count). The lowest BCUT2D eigenvalue weighted by atomic mass is 9.78. The molecular weight excluding hydrogens is 286 g/mol. The van der Waals surface area contributed by atoms with Crippen LogP contribution in [0.15, 0.2) is 34.3 Å². The molecule has 1 atom stereocenters. The Bertz CT molecular complexity index is 578. The summed E-state index contributed by atoms with van der Waals surface area (Å²) in [6, 6.07) is 8.18. The van der Waals surface area contributed by atoms with Crippen molar-refractivity contribution >= 4 is 11.5 Å². The van der Waals surface area contributed by atoms with Gasteiger partial charge in [-0.3, -0.25) is 4.99 Å². The van der Waals surface area contributed by atoms with Gasteiger partial charge in [0, 0.05) is 11.5 Å². The standard InChI is InChI=1S/C19H27N3O/c1-14-18(20)22-19(21-14,15-8-6-4-3-5-7-9-15)16-10-12-17(23-2)13-11-16/h10-13,15H,3-9H2,1-2H3,(H2,20,22). The SMILES string of the molecule is COc1ccc(C2(C3CCCCCCC3)N=C(C)C(N)=N2)cc1. The molecule has 124 valence electrons. The van der Waals surface area contributed by atoms with E-state index >= 15 is 0 Å². The molecule has 0 aromatic heterocycles. The Kier molecular flexibility index (Phi) is 4.69. The number of rotatable bonds is 3. The summed E-state index contributed by atoms with van der Waals surface area (Å²) in [4.78, 5) is 9.84. The minimum atomic E-state index is -0.530. The van der Waals surface area contributed by atoms with E-state index in [1.54, 1.807) is 7.11 Å². The summed E-state index contributed by atoms with van der Waals surface area (Å²) in [5, 5.41) is 0. The third kappa shape index (κ3) is 3.12. The zero-order chi connectivity index (χ0) is 16.3. The van der Waals surface area contributed by atoms with Crippen LogP contribution in [0.1, 0.15) is 57.4 Å². The number of hydrogen-bond donors (Lipinski definition) is 1. The highest BCUT2D eigenvalue weighted by atomic mass is 16.5. The number of amidine groups is 1. The maximum Gasteiger partial charge on any atom is 0.181 e. The smallest absolute Gasteiger partial charge is 0.181 e. The van der Waals surface area contributed by atoms with Gasteiger partial charge in [0.1, 0.15) is 11.6 Å². The highest BCUT2D eigenvalue weighted by Crippen LogP contribution is 2.44. The van der Waals surface area contributed by atoms with E-state index in [9.17, 15) is 0 Å². The van der Waals surface area contributed by atoms with Crippen molar-refractivity contribution in [1.29, 1.82) is 0 Å². The molecule has 1 fully saturated rings. The van der Waals surface area contributed by atoms with Gasteiger partial charge in [-0.15, -0.1) is 0 Å². The van der Waals surface area contributed by atoms with E-state index < -0.39 is 5.66 Å². The zero-order valence-corrected chi connectivity index (χ0v) is 14.2. The molecule has 0 spiro atoms. The number of benzene rings is 1. The van der Waals surface area contributed by atoms with Gasteiger partial charge in [-0.2, -0.15) is 0 Å². The van der Waals surface area contributed by atoms with Gasteiger partial charge in [0.05, 0.1) is 12.8 Å². The van der Waals surface area contributed by atoms with Crippen LogP contribution in [0.2, 0.25) is 0 Å². The fourth-order valence-electron chi connectivity index (χ4n) is 3.84. The molecule has 1 aromatic rings. The van der Waals surface area contributed by atoms with Gasteiger partial charge in [0.25, 0.3) is 0 Å². The van der Waals surface area contributed by atoms with Crippen molar-refractivity contribution in [2.24, 2.45) is 21.6 Å². The van der Waals surface area contributed by atoms with Crippen LogP contribution in [-0.2, 0) is 5.66 Å². The Hall–Kier alpha value is -1.84. The number of ether oxygens (including phenoxy) is 1. The van der Waals surface area contributed by atoms with Crippen molar-refractivity contribution in [3.63, 3.8) is 0 Å². The van der Waals surface area contributed by atoms with E-state index in [4.69, 9.17) is 20.5 Å². The van der Waals surface area contributed by atoms with Crippen LogP contribution in [0.5, 0.6) is 5.75 Å². The van der Waals surface area contributed by atoms with Crippen LogP contribution in [0.25, 0.3) is 0 Å². The topological polar surface area (TPSA) is 60.0 Å². The fraction of sp³-hybridized carbons (Fsp3) is 0.579. The van der Waals surface area contributed by atoms with Crippen molar-refractivity contribution in [3.8, 4) is 5.75 Å². The first-order valence-corrected chi connectivity index (χ1v) is 8.72.